The average molecular weight is 494 g/mol. The van der Waals surface area contributed by atoms with Crippen LogP contribution in [-0.2, 0) is 16.0 Å². The lowest BCUT2D eigenvalue weighted by Crippen LogP contribution is -2.59. The number of nitrogens with zero attached hydrogens (tertiary/aromatic N) is 5. The van der Waals surface area contributed by atoms with Crippen LogP contribution in [0.4, 0.5) is 26.3 Å². The van der Waals surface area contributed by atoms with E-state index in [1.165, 1.54) is 28.8 Å². The van der Waals surface area contributed by atoms with Crippen LogP contribution in [0.1, 0.15) is 18.4 Å². The quantitative estimate of drug-likeness (QED) is 0.368. The first kappa shape index (κ1) is 25.6. The number of nitrogens with two attached hydrogens (primary N) is 1. The van der Waals surface area contributed by atoms with E-state index in [4.69, 9.17) is 5.73 Å². The third kappa shape index (κ3) is 5.54. The molecule has 14 heteroatoms. The van der Waals surface area contributed by atoms with E-state index < -0.39 is 54.3 Å². The summed E-state index contributed by atoms with van der Waals surface area (Å²) >= 11 is 0. The van der Waals surface area contributed by atoms with E-state index in [1.807, 2.05) is 0 Å². The molecule has 0 aliphatic carbocycles. The predicted molar refractivity (Wildman–Crippen MR) is 108 cm³/mol. The number of benzene rings is 1. The normalized spacial score (nSPS) is 19.1. The topological polar surface area (TPSA) is 85.5 Å². The number of amidine groups is 1. The highest BCUT2D eigenvalue weighted by Gasteiger charge is 2.47. The molecule has 2 amide bonds. The molecule has 1 aromatic carbocycles. The van der Waals surface area contributed by atoms with Crippen molar-refractivity contribution in [1.82, 2.24) is 19.7 Å². The van der Waals surface area contributed by atoms with Gasteiger partial charge >= 0.3 is 6.30 Å². The minimum Gasteiger partial charge on any atom is -0.349 e. The summed E-state index contributed by atoms with van der Waals surface area (Å²) in [6.45, 7) is -0.486. The summed E-state index contributed by atoms with van der Waals surface area (Å²) in [6.07, 6.45) is -5.67. The van der Waals surface area contributed by atoms with Crippen LogP contribution in [-0.4, -0.2) is 89.6 Å². The average Bonchev–Trinajstić information content (AvgIpc) is 3.17. The SMILES string of the molecule is CN(C)C(=O)CC1C2=NN(C(F)(F)F)CN2CCN1C(=O)CC(N)Cc1cc(F)c(F)cc1F. The lowest BCUT2D eigenvalue weighted by molar-refractivity contribution is -0.247. The Balaban J connectivity index is 1.78. The Morgan fingerprint density at radius 2 is 1.79 bits per heavy atom. The minimum absolute atomic E-state index is 0.0151. The van der Waals surface area contributed by atoms with Crippen molar-refractivity contribution in [1.29, 1.82) is 0 Å². The summed E-state index contributed by atoms with van der Waals surface area (Å²) in [7, 11) is 2.94. The maximum absolute atomic E-state index is 13.9. The highest BCUT2D eigenvalue weighted by Crippen LogP contribution is 2.30. The number of halogens is 6. The fourth-order valence-corrected chi connectivity index (χ4v) is 3.84. The smallest absolute Gasteiger partial charge is 0.349 e. The zero-order valence-corrected chi connectivity index (χ0v) is 18.4. The predicted octanol–water partition coefficient (Wildman–Crippen LogP) is 1.46. The number of hydrogen-bond donors (Lipinski definition) is 1. The zero-order chi connectivity index (χ0) is 25.4. The molecule has 1 fully saturated rings. The van der Waals surface area contributed by atoms with Gasteiger partial charge in [-0.3, -0.25) is 9.59 Å². The molecule has 188 valence electrons. The number of amides is 2. The summed E-state index contributed by atoms with van der Waals surface area (Å²) in [5.74, 6) is -4.71. The molecule has 2 atom stereocenters. The van der Waals surface area contributed by atoms with E-state index in [2.05, 4.69) is 5.10 Å². The summed E-state index contributed by atoms with van der Waals surface area (Å²) in [6, 6.07) is -1.01. The van der Waals surface area contributed by atoms with Crippen LogP contribution in [0.3, 0.4) is 0 Å². The van der Waals surface area contributed by atoms with E-state index in [9.17, 15) is 35.9 Å². The first-order valence-corrected chi connectivity index (χ1v) is 10.3. The van der Waals surface area contributed by atoms with Crippen LogP contribution in [0.15, 0.2) is 17.2 Å². The molecule has 2 N–H and O–H groups in total. The van der Waals surface area contributed by atoms with Gasteiger partial charge in [0.05, 0.1) is 6.42 Å². The molecule has 8 nitrogen and oxygen atoms in total. The van der Waals surface area contributed by atoms with E-state index >= 15 is 0 Å². The number of fused-ring (bicyclic) bond motifs is 1. The fraction of sp³-hybridized carbons (Fsp3) is 0.550. The Hall–Kier alpha value is -3.03. The van der Waals surface area contributed by atoms with Gasteiger partial charge in [0.2, 0.25) is 11.8 Å². The Morgan fingerprint density at radius 1 is 1.15 bits per heavy atom. The number of carbonyl (C=O) groups excluding carboxylic acids is 2. The fourth-order valence-electron chi connectivity index (χ4n) is 3.84. The van der Waals surface area contributed by atoms with Gasteiger partial charge < -0.3 is 20.4 Å². The lowest BCUT2D eigenvalue weighted by atomic mass is 10.0. The molecular formula is C20H24F6N6O2. The molecule has 0 radical (unpaired) electrons. The molecule has 0 spiro atoms. The van der Waals surface area contributed by atoms with Gasteiger partial charge in [0.25, 0.3) is 0 Å². The molecule has 2 unspecified atom stereocenters. The van der Waals surface area contributed by atoms with Gasteiger partial charge in [-0.1, -0.05) is 0 Å². The second-order valence-corrected chi connectivity index (χ2v) is 8.35. The van der Waals surface area contributed by atoms with E-state index in [0.717, 1.165) is 0 Å². The van der Waals surface area contributed by atoms with Crippen LogP contribution >= 0.6 is 0 Å². The molecule has 2 aliphatic rings. The summed E-state index contributed by atoms with van der Waals surface area (Å²) in [4.78, 5) is 29.2. The maximum Gasteiger partial charge on any atom is 0.502 e. The number of hydrazone groups is 1. The standard InChI is InChI=1S/C20H24F6N6O2/c1-29(2)17(33)9-16-19-28-32(20(24,25)26)10-30(19)3-4-31(16)18(34)7-12(27)5-11-6-14(22)15(23)8-13(11)21/h6,8,12,16H,3-5,7,9-10,27H2,1-2H3. The van der Waals surface area contributed by atoms with Crippen LogP contribution in [0.5, 0.6) is 0 Å². The molecule has 34 heavy (non-hydrogen) atoms. The first-order chi connectivity index (χ1) is 15.8. The third-order valence-corrected chi connectivity index (χ3v) is 5.62. The van der Waals surface area contributed by atoms with Crippen molar-refractivity contribution in [3.8, 4) is 0 Å². The highest BCUT2D eigenvalue weighted by atomic mass is 19.4. The van der Waals surface area contributed by atoms with Crippen molar-refractivity contribution in [2.45, 2.75) is 37.6 Å². The van der Waals surface area contributed by atoms with Crippen molar-refractivity contribution in [3.63, 3.8) is 0 Å². The molecule has 3 rings (SSSR count). The van der Waals surface area contributed by atoms with Crippen LogP contribution in [0.25, 0.3) is 0 Å². The summed E-state index contributed by atoms with van der Waals surface area (Å²) < 4.78 is 80.0. The van der Waals surface area contributed by atoms with Crippen molar-refractivity contribution < 1.29 is 35.9 Å². The zero-order valence-electron chi connectivity index (χ0n) is 18.4. The monoisotopic (exact) mass is 494 g/mol. The van der Waals surface area contributed by atoms with Crippen molar-refractivity contribution in [3.05, 3.63) is 35.1 Å². The van der Waals surface area contributed by atoms with Gasteiger partial charge in [-0.25, -0.2) is 13.2 Å². The molecular weight excluding hydrogens is 470 g/mol. The number of carbonyl (C=O) groups is 2. The Labute approximate surface area is 191 Å². The van der Waals surface area contributed by atoms with Gasteiger partial charge in [-0.15, -0.1) is 13.2 Å². The van der Waals surface area contributed by atoms with E-state index in [-0.39, 0.29) is 48.8 Å². The number of hydrogen-bond acceptors (Lipinski definition) is 6. The number of piperazine rings is 1. The lowest BCUT2D eigenvalue weighted by Gasteiger charge is -2.40. The highest BCUT2D eigenvalue weighted by molar-refractivity contribution is 5.96. The van der Waals surface area contributed by atoms with Crippen LogP contribution < -0.4 is 5.73 Å². The second-order valence-electron chi connectivity index (χ2n) is 8.35. The first-order valence-electron chi connectivity index (χ1n) is 10.3. The van der Waals surface area contributed by atoms with Gasteiger partial charge in [0, 0.05) is 45.7 Å². The van der Waals surface area contributed by atoms with Crippen molar-refractivity contribution in [2.75, 3.05) is 33.9 Å². The molecule has 0 bridgehead atoms. The van der Waals surface area contributed by atoms with Gasteiger partial charge in [0.1, 0.15) is 24.4 Å². The van der Waals surface area contributed by atoms with Crippen LogP contribution in [0, 0.1) is 17.5 Å². The van der Waals surface area contributed by atoms with Gasteiger partial charge in [0.15, 0.2) is 11.6 Å². The maximum atomic E-state index is 13.9. The largest absolute Gasteiger partial charge is 0.502 e. The van der Waals surface area contributed by atoms with Crippen molar-refractivity contribution >= 4 is 17.6 Å². The Morgan fingerprint density at radius 3 is 2.41 bits per heavy atom. The molecule has 0 saturated carbocycles. The van der Waals surface area contributed by atoms with Gasteiger partial charge in [-0.2, -0.15) is 10.1 Å². The number of alkyl halides is 3. The number of rotatable bonds is 6. The second kappa shape index (κ2) is 9.68. The Bertz CT molecular complexity index is 985. The minimum atomic E-state index is -4.73. The van der Waals surface area contributed by atoms with Crippen molar-refractivity contribution in [2.24, 2.45) is 10.8 Å². The van der Waals surface area contributed by atoms with Gasteiger partial charge in [-0.05, 0) is 18.1 Å². The molecule has 1 saturated heterocycles. The summed E-state index contributed by atoms with van der Waals surface area (Å²) in [5, 5.41) is 3.54. The van der Waals surface area contributed by atoms with E-state index in [0.29, 0.717) is 12.1 Å². The molecule has 2 heterocycles. The third-order valence-electron chi connectivity index (χ3n) is 5.62. The molecule has 1 aromatic rings. The van der Waals surface area contributed by atoms with E-state index in [1.54, 1.807) is 0 Å². The Kier molecular flexibility index (Phi) is 7.29. The van der Waals surface area contributed by atoms with Crippen LogP contribution in [0.2, 0.25) is 0 Å². The molecule has 0 aromatic heterocycles. The summed E-state index contributed by atoms with van der Waals surface area (Å²) in [5.41, 5.74) is 5.73. The molecule has 2 aliphatic heterocycles.